The molecule has 0 saturated carbocycles. The van der Waals surface area contributed by atoms with Gasteiger partial charge in [-0.2, -0.15) is 0 Å². The summed E-state index contributed by atoms with van der Waals surface area (Å²) in [5.41, 5.74) is 3.74. The number of carbonyl (C=O) groups excluding carboxylic acids is 2. The number of amides is 2. The molecule has 0 unspecified atom stereocenters. The molecule has 232 valence electrons. The van der Waals surface area contributed by atoms with Crippen LogP contribution in [-0.4, -0.2) is 52.2 Å². The molecule has 2 aromatic heterocycles. The Labute approximate surface area is 273 Å². The van der Waals surface area contributed by atoms with E-state index in [-0.39, 0.29) is 23.9 Å². The fourth-order valence-electron chi connectivity index (χ4n) is 6.01. The first-order chi connectivity index (χ1) is 22.4. The number of rotatable bonds is 6. The van der Waals surface area contributed by atoms with Gasteiger partial charge in [0.25, 0.3) is 11.5 Å². The second-order valence-electron chi connectivity index (χ2n) is 11.2. The number of hydrogen-bond acceptors (Lipinski definition) is 6. The average Bonchev–Trinajstić information content (AvgIpc) is 3.57. The molecule has 5 aromatic rings. The van der Waals surface area contributed by atoms with Crippen molar-refractivity contribution in [2.75, 3.05) is 31.6 Å². The van der Waals surface area contributed by atoms with Gasteiger partial charge in [0, 0.05) is 46.5 Å². The summed E-state index contributed by atoms with van der Waals surface area (Å²) in [6.07, 6.45) is 3.77. The van der Waals surface area contributed by atoms with Crippen LogP contribution in [0.3, 0.4) is 0 Å². The van der Waals surface area contributed by atoms with Crippen LogP contribution in [0.1, 0.15) is 24.1 Å². The van der Waals surface area contributed by atoms with Gasteiger partial charge in [-0.15, -0.1) is 0 Å². The molecule has 0 bridgehead atoms. The number of nitrogens with one attached hydrogen (secondary N) is 1. The van der Waals surface area contributed by atoms with Crippen LogP contribution in [0.15, 0.2) is 106 Å². The number of allylic oxidation sites excluding steroid dienone is 1. The lowest BCUT2D eigenvalue weighted by atomic mass is 9.95. The lowest BCUT2D eigenvalue weighted by Gasteiger charge is -2.27. The molecule has 4 heterocycles. The Morgan fingerprint density at radius 2 is 1.74 bits per heavy atom. The third-order valence-electron chi connectivity index (χ3n) is 8.26. The van der Waals surface area contributed by atoms with Crippen molar-refractivity contribution in [1.82, 2.24) is 14.0 Å². The minimum atomic E-state index is -0.716. The van der Waals surface area contributed by atoms with Crippen molar-refractivity contribution >= 4 is 57.4 Å². The number of carbonyl (C=O) groups is 2. The van der Waals surface area contributed by atoms with Crippen molar-refractivity contribution in [1.29, 1.82) is 0 Å². The molecule has 11 heteroatoms. The van der Waals surface area contributed by atoms with E-state index >= 15 is 0 Å². The Kier molecular flexibility index (Phi) is 8.16. The minimum absolute atomic E-state index is 0.0229. The number of morpholine rings is 1. The van der Waals surface area contributed by atoms with Crippen LogP contribution in [0, 0.1) is 0 Å². The number of hydrogen-bond donors (Lipinski definition) is 1. The highest BCUT2D eigenvalue weighted by molar-refractivity contribution is 7.07. The Morgan fingerprint density at radius 1 is 1.02 bits per heavy atom. The van der Waals surface area contributed by atoms with Crippen LogP contribution in [0.25, 0.3) is 17.0 Å². The Hall–Kier alpha value is -4.77. The van der Waals surface area contributed by atoms with Crippen molar-refractivity contribution in [3.63, 3.8) is 0 Å². The number of ether oxygens (including phenoxy) is 1. The number of halogens is 1. The molecule has 1 atom stereocenters. The summed E-state index contributed by atoms with van der Waals surface area (Å²) in [6.45, 7) is 4.20. The number of fused-ring (bicyclic) bond motifs is 2. The van der Waals surface area contributed by atoms with Gasteiger partial charge in [0.2, 0.25) is 5.91 Å². The predicted molar refractivity (Wildman–Crippen MR) is 180 cm³/mol. The summed E-state index contributed by atoms with van der Waals surface area (Å²) in [4.78, 5) is 48.2. The topological polar surface area (TPSA) is 97.9 Å². The standard InChI is InChI=1S/C35H30ClN5O4S/c1-22-31(33(43)38-26-7-3-2-4-8-26)32(23-11-13-25(36)14-12-23)41-34(44)29(46-35(41)37-22)19-24-20-40(28-10-6-5-9-27(24)28)21-30(42)39-15-17-45-18-16-39/h2-14,19-20,32H,15-18,21H2,1H3,(H,38,43)/b29-19+/t32-/m0/s1. The third kappa shape index (κ3) is 5.71. The van der Waals surface area contributed by atoms with Crippen molar-refractivity contribution in [3.8, 4) is 0 Å². The summed E-state index contributed by atoms with van der Waals surface area (Å²) in [7, 11) is 0. The molecule has 9 nitrogen and oxygen atoms in total. The molecule has 3 aromatic carbocycles. The number of benzene rings is 3. The summed E-state index contributed by atoms with van der Waals surface area (Å²) < 4.78 is 9.40. The number of nitrogens with zero attached hydrogens (tertiary/aromatic N) is 4. The number of thiazole rings is 1. The maximum absolute atomic E-state index is 14.3. The number of anilines is 1. The van der Waals surface area contributed by atoms with E-state index in [1.54, 1.807) is 23.6 Å². The highest BCUT2D eigenvalue weighted by atomic mass is 35.5. The fourth-order valence-corrected chi connectivity index (χ4v) is 7.18. The molecular weight excluding hydrogens is 622 g/mol. The lowest BCUT2D eigenvalue weighted by Crippen LogP contribution is -2.42. The highest BCUT2D eigenvalue weighted by Crippen LogP contribution is 2.31. The first kappa shape index (κ1) is 29.9. The first-order valence-corrected chi connectivity index (χ1v) is 16.1. The normalized spacial score (nSPS) is 16.8. The van der Waals surface area contributed by atoms with E-state index in [1.165, 1.54) is 11.3 Å². The SMILES string of the molecule is CC1=C(C(=O)Nc2ccccc2)[C@H](c2ccc(Cl)cc2)n2c(s/c(=C/c3cn(CC(=O)N4CCOCC4)c4ccccc34)c2=O)=N1. The van der Waals surface area contributed by atoms with Crippen LogP contribution >= 0.6 is 22.9 Å². The van der Waals surface area contributed by atoms with E-state index in [9.17, 15) is 14.4 Å². The van der Waals surface area contributed by atoms with Crippen LogP contribution in [0.5, 0.6) is 0 Å². The summed E-state index contributed by atoms with van der Waals surface area (Å²) >= 11 is 7.50. The van der Waals surface area contributed by atoms with Crippen molar-refractivity contribution in [2.24, 2.45) is 4.99 Å². The van der Waals surface area contributed by atoms with Crippen LogP contribution in [-0.2, 0) is 20.9 Å². The van der Waals surface area contributed by atoms with E-state index in [0.29, 0.717) is 57.6 Å². The molecule has 1 saturated heterocycles. The van der Waals surface area contributed by atoms with Crippen LogP contribution in [0.2, 0.25) is 5.02 Å². The minimum Gasteiger partial charge on any atom is -0.378 e. The largest absolute Gasteiger partial charge is 0.378 e. The summed E-state index contributed by atoms with van der Waals surface area (Å²) in [5, 5.41) is 4.45. The molecule has 0 spiro atoms. The maximum atomic E-state index is 14.3. The Balaban J connectivity index is 1.32. The first-order valence-electron chi connectivity index (χ1n) is 15.0. The molecule has 2 amide bonds. The van der Waals surface area contributed by atoms with Gasteiger partial charge >= 0.3 is 0 Å². The number of para-hydroxylation sites is 2. The molecule has 46 heavy (non-hydrogen) atoms. The fraction of sp³-hybridized carbons (Fsp3) is 0.200. The van der Waals surface area contributed by atoms with Gasteiger partial charge in [-0.1, -0.05) is 71.5 Å². The monoisotopic (exact) mass is 651 g/mol. The predicted octanol–water partition coefficient (Wildman–Crippen LogP) is 4.34. The number of aromatic nitrogens is 2. The second-order valence-corrected chi connectivity index (χ2v) is 12.6. The van der Waals surface area contributed by atoms with Gasteiger partial charge in [0.15, 0.2) is 4.80 Å². The molecule has 0 radical (unpaired) electrons. The summed E-state index contributed by atoms with van der Waals surface area (Å²) in [6, 6.07) is 23.5. The van der Waals surface area contributed by atoms with E-state index in [2.05, 4.69) is 5.32 Å². The van der Waals surface area contributed by atoms with Crippen molar-refractivity contribution < 1.29 is 14.3 Å². The molecule has 1 fully saturated rings. The van der Waals surface area contributed by atoms with Gasteiger partial charge in [-0.05, 0) is 48.9 Å². The Bertz CT molecular complexity index is 2180. The zero-order chi connectivity index (χ0) is 31.8. The molecule has 2 aliphatic rings. The van der Waals surface area contributed by atoms with Gasteiger partial charge in [0.1, 0.15) is 6.54 Å². The molecular formula is C35H30ClN5O4S. The quantitative estimate of drug-likeness (QED) is 0.295. The van der Waals surface area contributed by atoms with Crippen LogP contribution in [0.4, 0.5) is 5.69 Å². The van der Waals surface area contributed by atoms with E-state index in [0.717, 1.165) is 22.0 Å². The van der Waals surface area contributed by atoms with Gasteiger partial charge in [0.05, 0.1) is 35.1 Å². The molecule has 0 aliphatic carbocycles. The summed E-state index contributed by atoms with van der Waals surface area (Å²) in [5.74, 6) is -0.315. The smallest absolute Gasteiger partial charge is 0.271 e. The maximum Gasteiger partial charge on any atom is 0.271 e. The third-order valence-corrected chi connectivity index (χ3v) is 9.49. The van der Waals surface area contributed by atoms with E-state index in [4.69, 9.17) is 21.3 Å². The Morgan fingerprint density at radius 3 is 2.50 bits per heavy atom. The second kappa shape index (κ2) is 12.6. The molecule has 7 rings (SSSR count). The lowest BCUT2D eigenvalue weighted by molar-refractivity contribution is -0.135. The van der Waals surface area contributed by atoms with Gasteiger partial charge in [-0.3, -0.25) is 19.0 Å². The van der Waals surface area contributed by atoms with Crippen LogP contribution < -0.4 is 20.2 Å². The van der Waals surface area contributed by atoms with Gasteiger partial charge in [-0.25, -0.2) is 4.99 Å². The zero-order valence-corrected chi connectivity index (χ0v) is 26.6. The highest BCUT2D eigenvalue weighted by Gasteiger charge is 2.32. The van der Waals surface area contributed by atoms with E-state index < -0.39 is 6.04 Å². The molecule has 2 aliphatic heterocycles. The van der Waals surface area contributed by atoms with Crippen molar-refractivity contribution in [2.45, 2.75) is 19.5 Å². The average molecular weight is 652 g/mol. The van der Waals surface area contributed by atoms with E-state index in [1.807, 2.05) is 88.5 Å². The molecule has 1 N–H and O–H groups in total. The zero-order valence-electron chi connectivity index (χ0n) is 25.0. The van der Waals surface area contributed by atoms with Crippen molar-refractivity contribution in [3.05, 3.63) is 132 Å². The van der Waals surface area contributed by atoms with Gasteiger partial charge < -0.3 is 19.5 Å².